The lowest BCUT2D eigenvalue weighted by Crippen LogP contribution is -2.18. The van der Waals surface area contributed by atoms with Crippen LogP contribution in [0.25, 0.3) is 0 Å². The van der Waals surface area contributed by atoms with E-state index in [1.54, 1.807) is 0 Å². The van der Waals surface area contributed by atoms with Crippen LogP contribution in [0.3, 0.4) is 0 Å². The van der Waals surface area contributed by atoms with Crippen LogP contribution in [0.15, 0.2) is 30.5 Å². The highest BCUT2D eigenvalue weighted by Crippen LogP contribution is 2.35. The van der Waals surface area contributed by atoms with Crippen LogP contribution in [0.5, 0.6) is 11.5 Å². The molecule has 27 heavy (non-hydrogen) atoms. The fourth-order valence-corrected chi connectivity index (χ4v) is 2.91. The summed E-state index contributed by atoms with van der Waals surface area (Å²) in [4.78, 5) is 14.4. The predicted molar refractivity (Wildman–Crippen MR) is 98.9 cm³/mol. The first-order valence-electron chi connectivity index (χ1n) is 8.70. The third-order valence-corrected chi connectivity index (χ3v) is 4.29. The highest BCUT2D eigenvalue weighted by molar-refractivity contribution is 5.57. The largest absolute Gasteiger partial charge is 0.490 e. The van der Waals surface area contributed by atoms with Gasteiger partial charge in [0, 0.05) is 12.5 Å². The van der Waals surface area contributed by atoms with E-state index in [9.17, 15) is 15.4 Å². The zero-order valence-electron chi connectivity index (χ0n) is 15.1. The van der Waals surface area contributed by atoms with E-state index < -0.39 is 4.92 Å². The van der Waals surface area contributed by atoms with E-state index in [-0.39, 0.29) is 23.2 Å². The normalized spacial score (nSPS) is 14.1. The Hall–Kier alpha value is -3.34. The number of hydrogen-bond donors (Lipinski definition) is 1. The van der Waals surface area contributed by atoms with E-state index in [4.69, 9.17) is 9.47 Å². The minimum atomic E-state index is -0.568. The molecule has 1 atom stereocenters. The number of pyridine rings is 1. The summed E-state index contributed by atoms with van der Waals surface area (Å²) in [6.07, 6.45) is 1.97. The summed E-state index contributed by atoms with van der Waals surface area (Å²) in [7, 11) is 0. The number of aromatic nitrogens is 1. The number of nitro groups is 1. The van der Waals surface area contributed by atoms with Gasteiger partial charge in [-0.2, -0.15) is 5.26 Å². The maximum Gasteiger partial charge on any atom is 0.289 e. The molecule has 1 aromatic heterocycles. The monoisotopic (exact) mass is 368 g/mol. The second-order valence-corrected chi connectivity index (χ2v) is 6.58. The van der Waals surface area contributed by atoms with E-state index in [1.807, 2.05) is 38.1 Å². The molecule has 0 amide bonds. The molecule has 3 rings (SSSR count). The number of nitrogens with zero attached hydrogens (tertiary/aromatic N) is 3. The number of ether oxygens (including phenoxy) is 2. The Morgan fingerprint density at radius 3 is 2.67 bits per heavy atom. The van der Waals surface area contributed by atoms with Crippen molar-refractivity contribution >= 4 is 11.5 Å². The van der Waals surface area contributed by atoms with Crippen molar-refractivity contribution in [2.45, 2.75) is 26.3 Å². The molecule has 8 heteroatoms. The lowest BCUT2D eigenvalue weighted by Gasteiger charge is -2.24. The van der Waals surface area contributed by atoms with Crippen molar-refractivity contribution in [1.29, 1.82) is 5.26 Å². The summed E-state index contributed by atoms with van der Waals surface area (Å²) in [6, 6.07) is 8.78. The van der Waals surface area contributed by atoms with Gasteiger partial charge in [-0.25, -0.2) is 4.98 Å². The van der Waals surface area contributed by atoms with Crippen molar-refractivity contribution in [3.05, 3.63) is 51.7 Å². The minimum Gasteiger partial charge on any atom is -0.490 e. The van der Waals surface area contributed by atoms with E-state index in [0.29, 0.717) is 30.5 Å². The number of hydrogen-bond acceptors (Lipinski definition) is 7. The van der Waals surface area contributed by atoms with E-state index in [1.165, 1.54) is 6.07 Å². The molecule has 0 unspecified atom stereocenters. The molecule has 0 aliphatic carbocycles. The second-order valence-electron chi connectivity index (χ2n) is 6.58. The molecule has 0 saturated heterocycles. The van der Waals surface area contributed by atoms with Crippen molar-refractivity contribution in [2.75, 3.05) is 18.5 Å². The third-order valence-electron chi connectivity index (χ3n) is 4.29. The number of nitrogens with one attached hydrogen (secondary N) is 1. The molecule has 140 valence electrons. The molecule has 1 aliphatic heterocycles. The van der Waals surface area contributed by atoms with E-state index >= 15 is 0 Å². The summed E-state index contributed by atoms with van der Waals surface area (Å²) in [5.41, 5.74) is 0.872. The highest BCUT2D eigenvalue weighted by atomic mass is 16.6. The molecule has 1 N–H and O–H groups in total. The fourth-order valence-electron chi connectivity index (χ4n) is 2.91. The van der Waals surface area contributed by atoms with Gasteiger partial charge < -0.3 is 14.8 Å². The molecule has 0 radical (unpaired) electrons. The van der Waals surface area contributed by atoms with Crippen LogP contribution in [0.1, 0.15) is 37.4 Å². The molecular formula is C19H20N4O4. The molecule has 2 heterocycles. The molecule has 0 saturated carbocycles. The number of anilines is 1. The van der Waals surface area contributed by atoms with Crippen LogP contribution in [0.4, 0.5) is 11.5 Å². The average molecular weight is 368 g/mol. The smallest absolute Gasteiger partial charge is 0.289 e. The Kier molecular flexibility index (Phi) is 5.41. The summed E-state index contributed by atoms with van der Waals surface area (Å²) in [5.74, 6) is 1.88. The quantitative estimate of drug-likeness (QED) is 0.630. The summed E-state index contributed by atoms with van der Waals surface area (Å²) in [6.45, 7) is 5.30. The topological polar surface area (TPSA) is 110 Å². The SMILES string of the molecule is CC(C)[C@@H](Nc1ncc([N+](=O)[O-])cc1C#N)c1ccc2c(c1)OCCCO2. The number of fused-ring (bicyclic) bond motifs is 1. The van der Waals surface area contributed by atoms with Crippen molar-refractivity contribution < 1.29 is 14.4 Å². The zero-order valence-corrected chi connectivity index (χ0v) is 15.1. The molecule has 2 aromatic rings. The summed E-state index contributed by atoms with van der Waals surface area (Å²) >= 11 is 0. The van der Waals surface area contributed by atoms with Crippen molar-refractivity contribution in [3.63, 3.8) is 0 Å². The van der Waals surface area contributed by atoms with Crippen LogP contribution in [-0.4, -0.2) is 23.1 Å². The Labute approximate surface area is 156 Å². The van der Waals surface area contributed by atoms with Gasteiger partial charge in [-0.3, -0.25) is 10.1 Å². The molecule has 0 fully saturated rings. The van der Waals surface area contributed by atoms with E-state index in [2.05, 4.69) is 10.3 Å². The van der Waals surface area contributed by atoms with Crippen molar-refractivity contribution in [3.8, 4) is 17.6 Å². The van der Waals surface area contributed by atoms with Crippen LogP contribution >= 0.6 is 0 Å². The first-order valence-corrected chi connectivity index (χ1v) is 8.70. The Morgan fingerprint density at radius 2 is 2.00 bits per heavy atom. The van der Waals surface area contributed by atoms with Gasteiger partial charge in [-0.05, 0) is 23.6 Å². The maximum atomic E-state index is 10.9. The van der Waals surface area contributed by atoms with Gasteiger partial charge in [0.15, 0.2) is 11.5 Å². The van der Waals surface area contributed by atoms with Gasteiger partial charge in [0.25, 0.3) is 5.69 Å². The molecule has 0 bridgehead atoms. The van der Waals surface area contributed by atoms with Gasteiger partial charge in [0.2, 0.25) is 0 Å². The second kappa shape index (κ2) is 7.91. The van der Waals surface area contributed by atoms with Gasteiger partial charge in [-0.15, -0.1) is 0 Å². The number of benzene rings is 1. The predicted octanol–water partition coefficient (Wildman–Crippen LogP) is 3.83. The summed E-state index contributed by atoms with van der Waals surface area (Å²) in [5, 5.41) is 23.5. The molecule has 0 spiro atoms. The highest BCUT2D eigenvalue weighted by Gasteiger charge is 2.22. The van der Waals surface area contributed by atoms with Crippen molar-refractivity contribution in [2.24, 2.45) is 5.92 Å². The lowest BCUT2D eigenvalue weighted by atomic mass is 9.95. The maximum absolute atomic E-state index is 10.9. The van der Waals surface area contributed by atoms with Gasteiger partial charge in [-0.1, -0.05) is 19.9 Å². The Bertz CT molecular complexity index is 892. The van der Waals surface area contributed by atoms with Crippen LogP contribution in [0, 0.1) is 27.4 Å². The lowest BCUT2D eigenvalue weighted by molar-refractivity contribution is -0.385. The van der Waals surface area contributed by atoms with E-state index in [0.717, 1.165) is 18.2 Å². The molecular weight excluding hydrogens is 348 g/mol. The van der Waals surface area contributed by atoms with Crippen LogP contribution < -0.4 is 14.8 Å². The minimum absolute atomic E-state index is 0.129. The van der Waals surface area contributed by atoms with Gasteiger partial charge >= 0.3 is 0 Å². The first-order chi connectivity index (χ1) is 13.0. The Morgan fingerprint density at radius 1 is 1.26 bits per heavy atom. The standard InChI is InChI=1S/C19H20N4O4/c1-12(2)18(13-4-5-16-17(9-13)27-7-3-6-26-16)22-19-14(10-20)8-15(11-21-19)23(24)25/h4-5,8-9,11-12,18H,3,6-7H2,1-2H3,(H,21,22)/t18-/m1/s1. The Balaban J connectivity index is 1.92. The van der Waals surface area contributed by atoms with Crippen LogP contribution in [-0.2, 0) is 0 Å². The summed E-state index contributed by atoms with van der Waals surface area (Å²) < 4.78 is 11.4. The third kappa shape index (κ3) is 4.08. The molecule has 1 aliphatic rings. The van der Waals surface area contributed by atoms with Crippen LogP contribution in [0.2, 0.25) is 0 Å². The molecule has 8 nitrogen and oxygen atoms in total. The first kappa shape index (κ1) is 18.5. The molecule has 1 aromatic carbocycles. The average Bonchev–Trinajstić information content (AvgIpc) is 2.90. The van der Waals surface area contributed by atoms with Crippen molar-refractivity contribution in [1.82, 2.24) is 4.98 Å². The van der Waals surface area contributed by atoms with Gasteiger partial charge in [0.1, 0.15) is 23.6 Å². The number of rotatable bonds is 5. The van der Waals surface area contributed by atoms with Gasteiger partial charge in [0.05, 0.1) is 24.2 Å². The zero-order chi connectivity index (χ0) is 19.4. The number of nitriles is 1. The fraction of sp³-hybridized carbons (Fsp3) is 0.368.